The largest absolute Gasteiger partial charge is 0.383 e. The zero-order valence-electron chi connectivity index (χ0n) is 12.2. The standard InChI is InChI=1S/C15H25ClN2O/c1-13(2)12-18(10-11-19-3)9-8-17-15-7-5-4-6-14(15)16/h4-7,13,17H,8-12H2,1-3H3. The Morgan fingerprint density at radius 2 is 2.00 bits per heavy atom. The molecule has 0 saturated heterocycles. The second-order valence-corrected chi connectivity index (χ2v) is 5.50. The number of hydrogen-bond acceptors (Lipinski definition) is 3. The van der Waals surface area contributed by atoms with Crippen molar-refractivity contribution < 1.29 is 4.74 Å². The summed E-state index contributed by atoms with van der Waals surface area (Å²) in [6.07, 6.45) is 0. The SMILES string of the molecule is COCCN(CCNc1ccccc1Cl)CC(C)C. The van der Waals surface area contributed by atoms with Crippen molar-refractivity contribution in [2.45, 2.75) is 13.8 Å². The van der Waals surface area contributed by atoms with Gasteiger partial charge in [0.2, 0.25) is 0 Å². The van der Waals surface area contributed by atoms with Crippen molar-refractivity contribution in [1.82, 2.24) is 4.90 Å². The van der Waals surface area contributed by atoms with Gasteiger partial charge in [-0.25, -0.2) is 0 Å². The fourth-order valence-electron chi connectivity index (χ4n) is 1.98. The van der Waals surface area contributed by atoms with Crippen molar-refractivity contribution in [1.29, 1.82) is 0 Å². The maximum Gasteiger partial charge on any atom is 0.0637 e. The van der Waals surface area contributed by atoms with E-state index in [0.29, 0.717) is 5.92 Å². The highest BCUT2D eigenvalue weighted by Gasteiger charge is 2.07. The molecule has 19 heavy (non-hydrogen) atoms. The molecule has 0 aliphatic heterocycles. The topological polar surface area (TPSA) is 24.5 Å². The van der Waals surface area contributed by atoms with Crippen LogP contribution >= 0.6 is 11.6 Å². The van der Waals surface area contributed by atoms with Gasteiger partial charge in [-0.2, -0.15) is 0 Å². The molecule has 0 atom stereocenters. The normalized spacial score (nSPS) is 11.3. The Morgan fingerprint density at radius 1 is 1.26 bits per heavy atom. The van der Waals surface area contributed by atoms with E-state index in [0.717, 1.165) is 43.5 Å². The molecule has 108 valence electrons. The third kappa shape index (κ3) is 6.81. The summed E-state index contributed by atoms with van der Waals surface area (Å²) >= 11 is 6.11. The molecule has 1 N–H and O–H groups in total. The molecule has 0 spiro atoms. The monoisotopic (exact) mass is 284 g/mol. The number of rotatable bonds is 9. The van der Waals surface area contributed by atoms with Crippen molar-refractivity contribution >= 4 is 17.3 Å². The summed E-state index contributed by atoms with van der Waals surface area (Å²) in [7, 11) is 1.75. The summed E-state index contributed by atoms with van der Waals surface area (Å²) in [6.45, 7) is 9.20. The summed E-state index contributed by atoms with van der Waals surface area (Å²) in [5.41, 5.74) is 1.00. The first-order chi connectivity index (χ1) is 9.13. The molecule has 0 radical (unpaired) electrons. The van der Waals surface area contributed by atoms with E-state index < -0.39 is 0 Å². The Hall–Kier alpha value is -0.770. The molecule has 0 bridgehead atoms. The molecule has 1 aromatic carbocycles. The minimum atomic E-state index is 0.664. The molecule has 0 saturated carbocycles. The predicted molar refractivity (Wildman–Crippen MR) is 83.1 cm³/mol. The number of benzene rings is 1. The summed E-state index contributed by atoms with van der Waals surface area (Å²) in [5, 5.41) is 4.15. The molecular weight excluding hydrogens is 260 g/mol. The maximum atomic E-state index is 6.11. The molecule has 0 amide bonds. The lowest BCUT2D eigenvalue weighted by molar-refractivity contribution is 0.143. The Morgan fingerprint density at radius 3 is 2.63 bits per heavy atom. The molecule has 0 aliphatic rings. The third-order valence-electron chi connectivity index (χ3n) is 2.85. The van der Waals surface area contributed by atoms with Gasteiger partial charge in [0.05, 0.1) is 17.3 Å². The molecule has 3 nitrogen and oxygen atoms in total. The lowest BCUT2D eigenvalue weighted by Gasteiger charge is -2.24. The minimum Gasteiger partial charge on any atom is -0.383 e. The van der Waals surface area contributed by atoms with Crippen LogP contribution in [0.15, 0.2) is 24.3 Å². The number of hydrogen-bond donors (Lipinski definition) is 1. The highest BCUT2D eigenvalue weighted by Crippen LogP contribution is 2.19. The number of methoxy groups -OCH3 is 1. The highest BCUT2D eigenvalue weighted by molar-refractivity contribution is 6.33. The van der Waals surface area contributed by atoms with Crippen molar-refractivity contribution in [3.05, 3.63) is 29.3 Å². The summed E-state index contributed by atoms with van der Waals surface area (Å²) in [6, 6.07) is 7.84. The zero-order chi connectivity index (χ0) is 14.1. The zero-order valence-corrected chi connectivity index (χ0v) is 12.9. The molecule has 1 rings (SSSR count). The second-order valence-electron chi connectivity index (χ2n) is 5.09. The number of nitrogens with zero attached hydrogens (tertiary/aromatic N) is 1. The Kier molecular flexibility index (Phi) is 7.87. The van der Waals surface area contributed by atoms with Crippen LogP contribution in [0, 0.1) is 5.92 Å². The van der Waals surface area contributed by atoms with Gasteiger partial charge in [-0.3, -0.25) is 4.90 Å². The van der Waals surface area contributed by atoms with E-state index in [1.54, 1.807) is 7.11 Å². The van der Waals surface area contributed by atoms with Crippen LogP contribution < -0.4 is 5.32 Å². The quantitative estimate of drug-likeness (QED) is 0.753. The molecule has 0 heterocycles. The van der Waals surface area contributed by atoms with Crippen LogP contribution in [0.2, 0.25) is 5.02 Å². The lowest BCUT2D eigenvalue weighted by atomic mass is 10.2. The van der Waals surface area contributed by atoms with Crippen LogP contribution in [0.25, 0.3) is 0 Å². The molecule has 4 heteroatoms. The van der Waals surface area contributed by atoms with E-state index in [4.69, 9.17) is 16.3 Å². The fraction of sp³-hybridized carbons (Fsp3) is 0.600. The van der Waals surface area contributed by atoms with Gasteiger partial charge in [0, 0.05) is 33.3 Å². The summed E-state index contributed by atoms with van der Waals surface area (Å²) < 4.78 is 5.15. The predicted octanol–water partition coefficient (Wildman–Crippen LogP) is 3.36. The lowest BCUT2D eigenvalue weighted by Crippen LogP contribution is -2.34. The van der Waals surface area contributed by atoms with Gasteiger partial charge >= 0.3 is 0 Å². The van der Waals surface area contributed by atoms with Crippen molar-refractivity contribution in [2.24, 2.45) is 5.92 Å². The van der Waals surface area contributed by atoms with E-state index in [1.165, 1.54) is 0 Å². The number of para-hydroxylation sites is 1. The van der Waals surface area contributed by atoms with E-state index in [2.05, 4.69) is 24.1 Å². The third-order valence-corrected chi connectivity index (χ3v) is 3.18. The van der Waals surface area contributed by atoms with E-state index in [-0.39, 0.29) is 0 Å². The maximum absolute atomic E-state index is 6.11. The number of anilines is 1. The number of nitrogens with one attached hydrogen (secondary N) is 1. The molecule has 0 aliphatic carbocycles. The van der Waals surface area contributed by atoms with Gasteiger partial charge in [-0.05, 0) is 18.1 Å². The van der Waals surface area contributed by atoms with Gasteiger partial charge in [0.1, 0.15) is 0 Å². The molecule has 1 aromatic rings. The Labute approximate surface area is 121 Å². The van der Waals surface area contributed by atoms with Gasteiger partial charge in [-0.15, -0.1) is 0 Å². The highest BCUT2D eigenvalue weighted by atomic mass is 35.5. The molecular formula is C15H25ClN2O. The second kappa shape index (κ2) is 9.18. The average Bonchev–Trinajstić information content (AvgIpc) is 2.37. The van der Waals surface area contributed by atoms with Gasteiger partial charge < -0.3 is 10.1 Å². The van der Waals surface area contributed by atoms with E-state index in [9.17, 15) is 0 Å². The van der Waals surface area contributed by atoms with Crippen LogP contribution in [-0.4, -0.2) is 44.8 Å². The van der Waals surface area contributed by atoms with E-state index in [1.807, 2.05) is 24.3 Å². The van der Waals surface area contributed by atoms with Crippen molar-refractivity contribution in [3.63, 3.8) is 0 Å². The first-order valence-corrected chi connectivity index (χ1v) is 7.21. The average molecular weight is 285 g/mol. The van der Waals surface area contributed by atoms with Crippen molar-refractivity contribution in [2.75, 3.05) is 45.2 Å². The van der Waals surface area contributed by atoms with Crippen LogP contribution in [0.5, 0.6) is 0 Å². The van der Waals surface area contributed by atoms with Gasteiger partial charge in [0.25, 0.3) is 0 Å². The van der Waals surface area contributed by atoms with Crippen LogP contribution in [-0.2, 0) is 4.74 Å². The minimum absolute atomic E-state index is 0.664. The van der Waals surface area contributed by atoms with Crippen LogP contribution in [0.1, 0.15) is 13.8 Å². The van der Waals surface area contributed by atoms with Gasteiger partial charge in [0.15, 0.2) is 0 Å². The Bertz CT molecular complexity index is 358. The summed E-state index contributed by atoms with van der Waals surface area (Å²) in [4.78, 5) is 2.41. The Balaban J connectivity index is 2.36. The van der Waals surface area contributed by atoms with Crippen molar-refractivity contribution in [3.8, 4) is 0 Å². The number of ether oxygens (including phenoxy) is 1. The molecule has 0 fully saturated rings. The number of halogens is 1. The van der Waals surface area contributed by atoms with Crippen LogP contribution in [0.3, 0.4) is 0 Å². The molecule has 0 unspecified atom stereocenters. The molecule has 0 aromatic heterocycles. The van der Waals surface area contributed by atoms with E-state index >= 15 is 0 Å². The smallest absolute Gasteiger partial charge is 0.0637 e. The van der Waals surface area contributed by atoms with Gasteiger partial charge in [-0.1, -0.05) is 37.6 Å². The first kappa shape index (κ1) is 16.3. The van der Waals surface area contributed by atoms with Crippen LogP contribution in [0.4, 0.5) is 5.69 Å². The summed E-state index contributed by atoms with van der Waals surface area (Å²) in [5.74, 6) is 0.664. The first-order valence-electron chi connectivity index (χ1n) is 6.83. The fourth-order valence-corrected chi connectivity index (χ4v) is 2.19.